The maximum Gasteiger partial charge on any atom is 0.350 e. The van der Waals surface area contributed by atoms with Crippen LogP contribution in [0, 0.1) is 10.1 Å². The molecule has 0 saturated heterocycles. The summed E-state index contributed by atoms with van der Waals surface area (Å²) in [5.74, 6) is 0. The monoisotopic (exact) mass is 370 g/mol. The fourth-order valence-electron chi connectivity index (χ4n) is 3.04. The molecule has 11 nitrogen and oxygen atoms in total. The highest BCUT2D eigenvalue weighted by molar-refractivity contribution is 7.86. The van der Waals surface area contributed by atoms with Crippen molar-refractivity contribution in [3.8, 4) is 0 Å². The number of nitrogens with one attached hydrogen (secondary N) is 2. The first-order valence-corrected chi connectivity index (χ1v) is 8.99. The predicted octanol–water partition coefficient (Wildman–Crippen LogP) is -1.33. The second kappa shape index (κ2) is 5.67. The summed E-state index contributed by atoms with van der Waals surface area (Å²) in [5, 5.41) is 14.4. The molecule has 1 aliphatic rings. The van der Waals surface area contributed by atoms with E-state index in [2.05, 4.69) is 14.6 Å². The van der Waals surface area contributed by atoms with Crippen LogP contribution in [0.5, 0.6) is 0 Å². The maximum absolute atomic E-state index is 12.1. The molecule has 1 atom stereocenters. The maximum atomic E-state index is 12.1. The van der Waals surface area contributed by atoms with Crippen LogP contribution in [0.3, 0.4) is 0 Å². The SMILES string of the molecule is CNC1Cc2c([N+](=O)[O-])cc3[nH]c(=O)c(=O)n(OS(C)(=O)=O)c3c2C1. The fourth-order valence-corrected chi connectivity index (χ4v) is 3.45. The van der Waals surface area contributed by atoms with Gasteiger partial charge in [0.2, 0.25) is 0 Å². The number of nitrogens with zero attached hydrogens (tertiary/aromatic N) is 2. The van der Waals surface area contributed by atoms with Crippen molar-refractivity contribution in [1.82, 2.24) is 15.0 Å². The predicted molar refractivity (Wildman–Crippen MR) is 87.2 cm³/mol. The van der Waals surface area contributed by atoms with Crippen LogP contribution in [0.1, 0.15) is 11.1 Å². The summed E-state index contributed by atoms with van der Waals surface area (Å²) in [6, 6.07) is 0.975. The Hall–Kier alpha value is -2.73. The van der Waals surface area contributed by atoms with E-state index in [1.54, 1.807) is 7.05 Å². The molecule has 0 spiro atoms. The minimum atomic E-state index is -4.11. The first-order valence-electron chi connectivity index (χ1n) is 7.17. The highest BCUT2D eigenvalue weighted by atomic mass is 32.2. The molecule has 0 saturated carbocycles. The van der Waals surface area contributed by atoms with E-state index in [9.17, 15) is 28.1 Å². The fraction of sp³-hybridized carbons (Fsp3) is 0.385. The largest absolute Gasteiger partial charge is 0.350 e. The average Bonchev–Trinajstić information content (AvgIpc) is 2.93. The molecule has 3 rings (SSSR count). The van der Waals surface area contributed by atoms with Crippen molar-refractivity contribution in [2.75, 3.05) is 13.3 Å². The molecular weight excluding hydrogens is 356 g/mol. The van der Waals surface area contributed by atoms with Gasteiger partial charge in [-0.25, -0.2) is 0 Å². The zero-order valence-electron chi connectivity index (χ0n) is 13.2. The van der Waals surface area contributed by atoms with Gasteiger partial charge in [-0.2, -0.15) is 8.42 Å². The standard InChI is InChI=1S/C13H14N4O7S/c1-14-6-3-7-8(4-6)11-9(5-10(7)17(20)21)15-12(18)13(19)16(11)24-25(2,22)23/h5-6,14H,3-4H2,1-2H3,(H,15,18). The van der Waals surface area contributed by atoms with Crippen molar-refractivity contribution >= 4 is 26.8 Å². The van der Waals surface area contributed by atoms with Crippen molar-refractivity contribution in [3.05, 3.63) is 48.0 Å². The topological polar surface area (TPSA) is 153 Å². The van der Waals surface area contributed by atoms with Crippen LogP contribution in [0.25, 0.3) is 11.0 Å². The Kier molecular flexibility index (Phi) is 3.88. The van der Waals surface area contributed by atoms with Crippen molar-refractivity contribution in [2.45, 2.75) is 18.9 Å². The Balaban J connectivity index is 2.47. The highest BCUT2D eigenvalue weighted by Gasteiger charge is 2.32. The van der Waals surface area contributed by atoms with Crippen LogP contribution in [0.15, 0.2) is 15.7 Å². The second-order valence-corrected chi connectivity index (χ2v) is 7.29. The minimum absolute atomic E-state index is 0.00775. The molecule has 1 aromatic heterocycles. The van der Waals surface area contributed by atoms with Gasteiger partial charge in [0.05, 0.1) is 16.7 Å². The lowest BCUT2D eigenvalue weighted by molar-refractivity contribution is -0.385. The number of H-pyrrole nitrogens is 1. The van der Waals surface area contributed by atoms with E-state index in [0.29, 0.717) is 28.7 Å². The Morgan fingerprint density at radius 1 is 1.36 bits per heavy atom. The smallest absolute Gasteiger partial charge is 0.316 e. The number of aromatic nitrogens is 2. The molecule has 0 aliphatic heterocycles. The molecule has 0 bridgehead atoms. The lowest BCUT2D eigenvalue weighted by Gasteiger charge is -2.12. The minimum Gasteiger partial charge on any atom is -0.316 e. The van der Waals surface area contributed by atoms with Gasteiger partial charge in [-0.15, -0.1) is 4.73 Å². The van der Waals surface area contributed by atoms with E-state index in [1.807, 2.05) is 0 Å². The summed E-state index contributed by atoms with van der Waals surface area (Å²) in [6.07, 6.45) is 1.36. The van der Waals surface area contributed by atoms with E-state index in [1.165, 1.54) is 0 Å². The molecule has 0 fully saturated rings. The lowest BCUT2D eigenvalue weighted by Crippen LogP contribution is -2.41. The van der Waals surface area contributed by atoms with Gasteiger partial charge in [0.25, 0.3) is 5.69 Å². The summed E-state index contributed by atoms with van der Waals surface area (Å²) in [4.78, 5) is 36.9. The Morgan fingerprint density at radius 3 is 2.56 bits per heavy atom. The van der Waals surface area contributed by atoms with E-state index >= 15 is 0 Å². The number of aromatic amines is 1. The number of hydrogen-bond donors (Lipinski definition) is 2. The number of hydrogen-bond acceptors (Lipinski definition) is 8. The average molecular weight is 370 g/mol. The van der Waals surface area contributed by atoms with Gasteiger partial charge in [0, 0.05) is 17.7 Å². The number of nitro benzene ring substituents is 1. The Morgan fingerprint density at radius 2 is 2.00 bits per heavy atom. The molecular formula is C13H14N4O7S. The van der Waals surface area contributed by atoms with Crippen LogP contribution >= 0.6 is 0 Å². The molecule has 0 amide bonds. The third kappa shape index (κ3) is 2.89. The van der Waals surface area contributed by atoms with Crippen LogP contribution in [0.4, 0.5) is 5.69 Å². The zero-order chi connectivity index (χ0) is 18.5. The Bertz CT molecular complexity index is 1120. The van der Waals surface area contributed by atoms with Gasteiger partial charge in [0.15, 0.2) is 0 Å². The Labute approximate surface area is 140 Å². The second-order valence-electron chi connectivity index (χ2n) is 5.73. The molecule has 25 heavy (non-hydrogen) atoms. The number of rotatable bonds is 4. The summed E-state index contributed by atoms with van der Waals surface area (Å²) < 4.78 is 28.1. The van der Waals surface area contributed by atoms with Crippen molar-refractivity contribution < 1.29 is 17.6 Å². The van der Waals surface area contributed by atoms with Crippen LogP contribution in [-0.2, 0) is 23.0 Å². The number of likely N-dealkylation sites (N-methyl/N-ethyl adjacent to an activating group) is 1. The van der Waals surface area contributed by atoms with Crippen molar-refractivity contribution in [1.29, 1.82) is 0 Å². The van der Waals surface area contributed by atoms with Gasteiger partial charge in [-0.1, -0.05) is 0 Å². The lowest BCUT2D eigenvalue weighted by atomic mass is 10.1. The first-order chi connectivity index (χ1) is 11.6. The highest BCUT2D eigenvalue weighted by Crippen LogP contribution is 2.35. The molecule has 134 valence electrons. The van der Waals surface area contributed by atoms with Crippen LogP contribution < -0.4 is 20.7 Å². The molecule has 2 aromatic rings. The number of fused-ring (bicyclic) bond motifs is 3. The summed E-state index contributed by atoms with van der Waals surface area (Å²) >= 11 is 0. The van der Waals surface area contributed by atoms with Crippen LogP contribution in [0.2, 0.25) is 0 Å². The summed E-state index contributed by atoms with van der Waals surface area (Å²) in [5.41, 5.74) is -1.85. The van der Waals surface area contributed by atoms with E-state index in [0.717, 1.165) is 12.3 Å². The summed E-state index contributed by atoms with van der Waals surface area (Å²) in [6.45, 7) is 0. The van der Waals surface area contributed by atoms with E-state index < -0.39 is 26.2 Å². The van der Waals surface area contributed by atoms with Gasteiger partial charge >= 0.3 is 21.2 Å². The summed E-state index contributed by atoms with van der Waals surface area (Å²) in [7, 11) is -2.42. The molecule has 12 heteroatoms. The molecule has 1 aromatic carbocycles. The zero-order valence-corrected chi connectivity index (χ0v) is 14.0. The van der Waals surface area contributed by atoms with E-state index in [-0.39, 0.29) is 22.8 Å². The molecule has 1 aliphatic carbocycles. The molecule has 2 N–H and O–H groups in total. The van der Waals surface area contributed by atoms with Gasteiger partial charge in [0.1, 0.15) is 5.52 Å². The van der Waals surface area contributed by atoms with Gasteiger partial charge in [-0.05, 0) is 25.5 Å². The number of nitro groups is 1. The van der Waals surface area contributed by atoms with Crippen LogP contribution in [-0.4, -0.2) is 42.4 Å². The molecule has 1 heterocycles. The van der Waals surface area contributed by atoms with Gasteiger partial charge < -0.3 is 10.3 Å². The molecule has 1 unspecified atom stereocenters. The van der Waals surface area contributed by atoms with Gasteiger partial charge in [-0.3, -0.25) is 24.0 Å². The number of benzene rings is 1. The van der Waals surface area contributed by atoms with Crippen molar-refractivity contribution in [2.24, 2.45) is 0 Å². The quantitative estimate of drug-likeness (QED) is 0.381. The third-order valence-corrected chi connectivity index (χ3v) is 4.46. The first kappa shape index (κ1) is 17.1. The molecule has 0 radical (unpaired) electrons. The van der Waals surface area contributed by atoms with Crippen molar-refractivity contribution in [3.63, 3.8) is 0 Å². The third-order valence-electron chi connectivity index (χ3n) is 4.04. The van der Waals surface area contributed by atoms with E-state index in [4.69, 9.17) is 0 Å². The normalized spacial score (nSPS) is 16.8.